The fourth-order valence-corrected chi connectivity index (χ4v) is 6.97. The molecule has 62 heavy (non-hydrogen) atoms. The smallest absolute Gasteiger partial charge is 0.421 e. The molecule has 5 aliphatic rings. The van der Waals surface area contributed by atoms with Gasteiger partial charge in [-0.05, 0) is 60.8 Å². The van der Waals surface area contributed by atoms with Crippen LogP contribution in [0.5, 0.6) is 0 Å². The van der Waals surface area contributed by atoms with E-state index in [1.54, 1.807) is 6.08 Å². The first-order chi connectivity index (χ1) is 28.9. The van der Waals surface area contributed by atoms with Crippen LogP contribution in [0, 0.1) is 17.8 Å². The van der Waals surface area contributed by atoms with Crippen molar-refractivity contribution in [1.82, 2.24) is 0 Å². The molecule has 5 aliphatic carbocycles. The Bertz CT molecular complexity index is 2060. The van der Waals surface area contributed by atoms with Crippen molar-refractivity contribution in [2.45, 2.75) is 66.2 Å². The summed E-state index contributed by atoms with van der Waals surface area (Å²) in [7, 11) is 4.08. The zero-order valence-electron chi connectivity index (χ0n) is 34.1. The summed E-state index contributed by atoms with van der Waals surface area (Å²) in [5.41, 5.74) is 12.6. The average molecular weight is 839 g/mol. The zero-order chi connectivity index (χ0) is 42.1. The van der Waals surface area contributed by atoms with Gasteiger partial charge in [-0.1, -0.05) is 186 Å². The number of nitrogens with zero attached hydrogens (tertiary/aromatic N) is 2. The third kappa shape index (κ3) is 17.5. The number of hydrogen-bond acceptors (Lipinski definition) is 6. The maximum atomic E-state index is 12.0. The molecule has 8 nitrogen and oxygen atoms in total. The van der Waals surface area contributed by atoms with Crippen LogP contribution < -0.4 is 0 Å². The number of allylic oxidation sites excluding steroid dienone is 12. The van der Waals surface area contributed by atoms with Gasteiger partial charge in [0.05, 0.1) is 21.3 Å². The second-order valence-electron chi connectivity index (χ2n) is 13.9. The lowest BCUT2D eigenvalue weighted by molar-refractivity contribution is -0.137. The van der Waals surface area contributed by atoms with Gasteiger partial charge in [0.1, 0.15) is 0 Å². The van der Waals surface area contributed by atoms with E-state index < -0.39 is 5.97 Å². The molecule has 0 saturated carbocycles. The molecule has 0 amide bonds. The van der Waals surface area contributed by atoms with Gasteiger partial charge < -0.3 is 19.7 Å². The van der Waals surface area contributed by atoms with Crippen molar-refractivity contribution in [3.8, 4) is 0 Å². The molecule has 0 radical (unpaired) electrons. The monoisotopic (exact) mass is 838 g/mol. The van der Waals surface area contributed by atoms with Gasteiger partial charge in [-0.15, -0.1) is 0 Å². The van der Waals surface area contributed by atoms with Crippen molar-refractivity contribution in [3.63, 3.8) is 0 Å². The zero-order valence-corrected chi connectivity index (χ0v) is 34.1. The molecule has 328 valence electrons. The lowest BCUT2D eigenvalue weighted by Crippen LogP contribution is -2.14. The summed E-state index contributed by atoms with van der Waals surface area (Å²) >= 11 is 0. The molecule has 8 heteroatoms. The van der Waals surface area contributed by atoms with Gasteiger partial charge in [-0.25, -0.2) is 14.4 Å². The van der Waals surface area contributed by atoms with Gasteiger partial charge in [0.2, 0.25) is 0 Å². The van der Waals surface area contributed by atoms with Crippen molar-refractivity contribution < 1.29 is 33.4 Å². The minimum atomic E-state index is -0.676. The SMILES string of the molecule is C.C.C.C1=CCCC=C1.COC(=O)/C=C/[C@@H](c1ccccc1)C1C=CCC=C1.COC(=O)C(/C=C/c1ccccc1)=[N+]=[N-].COC(=O)C1=CC(c2ccccc2)C2C=CC1CC2. The predicted molar refractivity (Wildman–Crippen MR) is 255 cm³/mol. The van der Waals surface area contributed by atoms with Gasteiger partial charge >= 0.3 is 23.6 Å². The second kappa shape index (κ2) is 30.4. The summed E-state index contributed by atoms with van der Waals surface area (Å²) in [6, 6.07) is 30.0. The number of benzene rings is 3. The van der Waals surface area contributed by atoms with Crippen molar-refractivity contribution in [2.75, 3.05) is 21.3 Å². The van der Waals surface area contributed by atoms with E-state index in [-0.39, 0.29) is 57.7 Å². The number of fused-ring (bicyclic) bond motifs is 2. The molecule has 0 fully saturated rings. The van der Waals surface area contributed by atoms with Crippen LogP contribution in [-0.2, 0) is 28.6 Å². The Morgan fingerprint density at radius 1 is 0.694 bits per heavy atom. The van der Waals surface area contributed by atoms with Crippen LogP contribution in [0.4, 0.5) is 0 Å². The normalized spacial score (nSPS) is 18.0. The molecule has 0 spiro atoms. The van der Waals surface area contributed by atoms with E-state index in [4.69, 9.17) is 10.3 Å². The lowest BCUT2D eigenvalue weighted by Gasteiger charge is -2.23. The summed E-state index contributed by atoms with van der Waals surface area (Å²) in [5, 5.41) is 0. The fourth-order valence-electron chi connectivity index (χ4n) is 6.97. The molecular weight excluding hydrogens is 773 g/mol. The van der Waals surface area contributed by atoms with Crippen LogP contribution in [0.2, 0.25) is 0 Å². The number of methoxy groups -OCH3 is 3. The minimum absolute atomic E-state index is 0. The molecule has 0 aromatic heterocycles. The predicted octanol–water partition coefficient (Wildman–Crippen LogP) is 12.4. The van der Waals surface area contributed by atoms with E-state index in [0.717, 1.165) is 30.4 Å². The molecule has 0 N–H and O–H groups in total. The van der Waals surface area contributed by atoms with Gasteiger partial charge in [0.15, 0.2) is 0 Å². The standard InChI is InChI=1S/2C17H18O2.C11H10N2O2.C6H8.3CH4/c1-19-17(18)16-11-15(12-5-3-2-4-6-12)13-7-9-14(16)10-8-13;1-19-17(18)13-12-16(14-8-4-2-5-9-14)15-10-6-3-7-11-15;1-15-11(14)10(13-12)8-7-9-5-3-2-4-6-9;1-2-4-6-5-3-1;;;/h2-7,9,11,13-15H,8,10H2,1H3;2,4-13,15-16H,3H2,1H3;2-8H,1H3;1-4H,5-6H2;3*1H4/b;13-12+;8-7+;;;;/t;16-;;;;;/m.0...../s1. The molecule has 0 aliphatic heterocycles. The van der Waals surface area contributed by atoms with Gasteiger partial charge in [0, 0.05) is 41.4 Å². The molecule has 4 atom stereocenters. The highest BCUT2D eigenvalue weighted by atomic mass is 16.5. The Morgan fingerprint density at radius 3 is 1.79 bits per heavy atom. The first kappa shape index (κ1) is 53.4. The van der Waals surface area contributed by atoms with Gasteiger partial charge in [-0.2, -0.15) is 4.79 Å². The highest BCUT2D eigenvalue weighted by Gasteiger charge is 2.33. The summed E-state index contributed by atoms with van der Waals surface area (Å²) in [6.07, 6.45) is 35.9. The van der Waals surface area contributed by atoms with Crippen molar-refractivity contribution >= 4 is 29.7 Å². The summed E-state index contributed by atoms with van der Waals surface area (Å²) in [6.45, 7) is 0. The van der Waals surface area contributed by atoms with Crippen molar-refractivity contribution in [2.24, 2.45) is 17.8 Å². The highest BCUT2D eigenvalue weighted by Crippen LogP contribution is 2.42. The topological polar surface area (TPSA) is 115 Å². The van der Waals surface area contributed by atoms with Gasteiger partial charge in [-0.3, -0.25) is 0 Å². The van der Waals surface area contributed by atoms with E-state index in [2.05, 4.69) is 117 Å². The van der Waals surface area contributed by atoms with E-state index in [1.807, 2.05) is 60.7 Å². The van der Waals surface area contributed by atoms with E-state index >= 15 is 0 Å². The molecule has 3 unspecified atom stereocenters. The first-order valence-electron chi connectivity index (χ1n) is 19.9. The molecule has 3 aromatic rings. The fraction of sp³-hybridized carbons (Fsp3) is 0.296. The van der Waals surface area contributed by atoms with E-state index in [0.29, 0.717) is 11.8 Å². The van der Waals surface area contributed by atoms with E-state index in [1.165, 1.54) is 57.4 Å². The lowest BCUT2D eigenvalue weighted by atomic mass is 9.81. The first-order valence-corrected chi connectivity index (χ1v) is 19.9. The largest absolute Gasteiger partial charge is 0.466 e. The number of carbonyl (C=O) groups is 3. The number of carbonyl (C=O) groups excluding carboxylic acids is 3. The Labute approximate surface area is 371 Å². The summed E-state index contributed by atoms with van der Waals surface area (Å²) in [4.78, 5) is 37.1. The van der Waals surface area contributed by atoms with Crippen LogP contribution in [0.15, 0.2) is 182 Å². The highest BCUT2D eigenvalue weighted by molar-refractivity contribution is 6.39. The molecule has 2 bridgehead atoms. The van der Waals surface area contributed by atoms with E-state index in [9.17, 15) is 14.4 Å². The maximum Gasteiger partial charge on any atom is 0.421 e. The number of rotatable bonds is 9. The van der Waals surface area contributed by atoms with Crippen LogP contribution in [0.1, 0.15) is 82.9 Å². The van der Waals surface area contributed by atoms with Gasteiger partial charge in [0.25, 0.3) is 0 Å². The third-order valence-corrected chi connectivity index (χ3v) is 10.1. The molecule has 8 rings (SSSR count). The van der Waals surface area contributed by atoms with Crippen LogP contribution in [0.25, 0.3) is 11.6 Å². The van der Waals surface area contributed by atoms with Crippen LogP contribution >= 0.6 is 0 Å². The third-order valence-electron chi connectivity index (χ3n) is 10.1. The van der Waals surface area contributed by atoms with Crippen molar-refractivity contribution in [1.29, 1.82) is 0 Å². The number of esters is 3. The molecule has 3 aromatic carbocycles. The van der Waals surface area contributed by atoms with Crippen LogP contribution in [-0.4, -0.2) is 49.7 Å². The van der Waals surface area contributed by atoms with Crippen LogP contribution in [0.3, 0.4) is 0 Å². The minimum Gasteiger partial charge on any atom is -0.466 e. The summed E-state index contributed by atoms with van der Waals surface area (Å²) < 4.78 is 14.0. The Kier molecular flexibility index (Phi) is 26.2. The second-order valence-corrected chi connectivity index (χ2v) is 13.9. The molecular formula is C54H66N2O6. The Hall–Kier alpha value is -6.63. The Balaban J connectivity index is 0.000000428. The number of ether oxygens (including phenoxy) is 3. The molecule has 0 heterocycles. The number of hydrogen-bond donors (Lipinski definition) is 0. The summed E-state index contributed by atoms with van der Waals surface area (Å²) in [5.74, 6) is 0.301. The quantitative estimate of drug-likeness (QED) is 0.0403. The molecule has 0 saturated heterocycles. The van der Waals surface area contributed by atoms with Crippen molar-refractivity contribution in [3.05, 3.63) is 204 Å². The Morgan fingerprint density at radius 2 is 1.29 bits per heavy atom. The maximum absolute atomic E-state index is 12.0. The average Bonchev–Trinajstić information content (AvgIpc) is 3.62.